The third kappa shape index (κ3) is 3.87. The average Bonchev–Trinajstić information content (AvgIpc) is 3.04. The van der Waals surface area contributed by atoms with Gasteiger partial charge < -0.3 is 9.84 Å². The van der Waals surface area contributed by atoms with Crippen molar-refractivity contribution in [1.29, 1.82) is 0 Å². The Balaban J connectivity index is 2.03. The molecule has 4 rings (SSSR count). The van der Waals surface area contributed by atoms with Crippen LogP contribution < -0.4 is 9.64 Å². The van der Waals surface area contributed by atoms with Crippen LogP contribution in [0.25, 0.3) is 5.76 Å². The van der Waals surface area contributed by atoms with Gasteiger partial charge in [0.1, 0.15) is 17.3 Å². The summed E-state index contributed by atoms with van der Waals surface area (Å²) in [5.74, 6) is -2.36. The number of ketones is 1. The number of benzene rings is 3. The van der Waals surface area contributed by atoms with E-state index in [0.29, 0.717) is 11.3 Å². The Morgan fingerprint density at radius 1 is 1.06 bits per heavy atom. The van der Waals surface area contributed by atoms with Gasteiger partial charge in [0.05, 0.1) is 29.3 Å². The molecule has 0 aliphatic carbocycles. The number of halogens is 2. The van der Waals surface area contributed by atoms with Crippen LogP contribution in [0.15, 0.2) is 66.2 Å². The molecule has 3 aromatic carbocycles. The summed E-state index contributed by atoms with van der Waals surface area (Å²) in [6.45, 7) is 3.64. The molecule has 7 heteroatoms. The van der Waals surface area contributed by atoms with E-state index in [1.807, 2.05) is 19.1 Å². The van der Waals surface area contributed by atoms with Crippen LogP contribution in [0.3, 0.4) is 0 Å². The monoisotopic (exact) mass is 465 g/mol. The summed E-state index contributed by atoms with van der Waals surface area (Å²) < 4.78 is 19.0. The second-order valence-electron chi connectivity index (χ2n) is 7.83. The van der Waals surface area contributed by atoms with Crippen molar-refractivity contribution in [2.24, 2.45) is 0 Å². The number of carbonyl (C=O) groups excluding carboxylic acids is 2. The molecule has 5 nitrogen and oxygen atoms in total. The Kier molecular flexibility index (Phi) is 5.95. The zero-order chi connectivity index (χ0) is 23.9. The first-order valence-electron chi connectivity index (χ1n) is 10.2. The molecule has 1 fully saturated rings. The van der Waals surface area contributed by atoms with E-state index in [1.165, 1.54) is 36.3 Å². The molecule has 0 radical (unpaired) electrons. The Hall–Kier alpha value is -3.64. The molecule has 1 aliphatic rings. The van der Waals surface area contributed by atoms with E-state index in [4.69, 9.17) is 16.3 Å². The highest BCUT2D eigenvalue weighted by molar-refractivity contribution is 6.51. The summed E-state index contributed by atoms with van der Waals surface area (Å²) in [4.78, 5) is 27.8. The fourth-order valence-corrected chi connectivity index (χ4v) is 4.50. The van der Waals surface area contributed by atoms with Crippen molar-refractivity contribution >= 4 is 34.7 Å². The lowest BCUT2D eigenvalue weighted by Crippen LogP contribution is -2.29. The molecular formula is C26H21ClFNO4. The minimum atomic E-state index is -0.930. The number of methoxy groups -OCH3 is 1. The number of Topliss-reactive ketones (excluding diaryl/α,β-unsaturated/α-hetero) is 1. The molecule has 0 bridgehead atoms. The van der Waals surface area contributed by atoms with Crippen molar-refractivity contribution in [3.8, 4) is 5.75 Å². The first kappa shape index (κ1) is 22.6. The van der Waals surface area contributed by atoms with Gasteiger partial charge in [-0.25, -0.2) is 4.39 Å². The Morgan fingerprint density at radius 3 is 2.36 bits per heavy atom. The van der Waals surface area contributed by atoms with E-state index in [9.17, 15) is 19.1 Å². The third-order valence-electron chi connectivity index (χ3n) is 5.68. The summed E-state index contributed by atoms with van der Waals surface area (Å²) >= 11 is 6.31. The van der Waals surface area contributed by atoms with Gasteiger partial charge in [0.25, 0.3) is 11.7 Å². The van der Waals surface area contributed by atoms with E-state index in [2.05, 4.69) is 0 Å². The minimum absolute atomic E-state index is 0.0985. The number of ether oxygens (including phenoxy) is 1. The maximum Gasteiger partial charge on any atom is 0.300 e. The Morgan fingerprint density at radius 2 is 1.73 bits per heavy atom. The fourth-order valence-electron chi connectivity index (χ4n) is 4.15. The highest BCUT2D eigenvalue weighted by Gasteiger charge is 2.47. The predicted molar refractivity (Wildman–Crippen MR) is 125 cm³/mol. The van der Waals surface area contributed by atoms with Gasteiger partial charge in [0.15, 0.2) is 0 Å². The maximum atomic E-state index is 13.6. The van der Waals surface area contributed by atoms with E-state index >= 15 is 0 Å². The van der Waals surface area contributed by atoms with Crippen molar-refractivity contribution in [3.63, 3.8) is 0 Å². The summed E-state index contributed by atoms with van der Waals surface area (Å²) in [7, 11) is 1.41. The SMILES string of the molecule is COc1c(Cl)cc(C)cc1/C(O)=C1\C(=O)C(=O)N(c2ccc(F)cc2)C1c1ccccc1C. The molecule has 1 amide bonds. The molecule has 1 heterocycles. The normalized spacial score (nSPS) is 17.5. The van der Waals surface area contributed by atoms with Gasteiger partial charge in [-0.3, -0.25) is 14.5 Å². The molecule has 168 valence electrons. The second kappa shape index (κ2) is 8.71. The third-order valence-corrected chi connectivity index (χ3v) is 5.96. The average molecular weight is 466 g/mol. The van der Waals surface area contributed by atoms with Gasteiger partial charge in [-0.15, -0.1) is 0 Å². The zero-order valence-electron chi connectivity index (χ0n) is 18.2. The topological polar surface area (TPSA) is 66.8 Å². The molecule has 0 saturated carbocycles. The number of rotatable bonds is 4. The van der Waals surface area contributed by atoms with Crippen molar-refractivity contribution in [2.45, 2.75) is 19.9 Å². The van der Waals surface area contributed by atoms with Crippen LogP contribution in [-0.2, 0) is 9.59 Å². The van der Waals surface area contributed by atoms with Crippen LogP contribution >= 0.6 is 11.6 Å². The highest BCUT2D eigenvalue weighted by atomic mass is 35.5. The van der Waals surface area contributed by atoms with Crippen molar-refractivity contribution in [3.05, 3.63) is 99.3 Å². The maximum absolute atomic E-state index is 13.6. The van der Waals surface area contributed by atoms with Crippen molar-refractivity contribution in [2.75, 3.05) is 12.0 Å². The molecule has 1 N–H and O–H groups in total. The Bertz CT molecular complexity index is 1300. The predicted octanol–water partition coefficient (Wildman–Crippen LogP) is 5.73. The molecule has 1 saturated heterocycles. The van der Waals surface area contributed by atoms with Crippen LogP contribution in [0.2, 0.25) is 5.02 Å². The molecule has 1 aliphatic heterocycles. The van der Waals surface area contributed by atoms with Crippen LogP contribution in [-0.4, -0.2) is 23.9 Å². The number of hydrogen-bond donors (Lipinski definition) is 1. The molecule has 0 spiro atoms. The number of anilines is 1. The first-order valence-corrected chi connectivity index (χ1v) is 10.6. The number of nitrogens with zero attached hydrogens (tertiary/aromatic N) is 1. The van der Waals surface area contributed by atoms with Gasteiger partial charge >= 0.3 is 0 Å². The lowest BCUT2D eigenvalue weighted by atomic mass is 9.92. The molecule has 0 aromatic heterocycles. The van der Waals surface area contributed by atoms with E-state index in [-0.39, 0.29) is 21.9 Å². The van der Waals surface area contributed by atoms with Gasteiger partial charge in [0, 0.05) is 5.69 Å². The number of aliphatic hydroxyl groups excluding tert-OH is 1. The summed E-state index contributed by atoms with van der Waals surface area (Å²) in [6, 6.07) is 14.9. The van der Waals surface area contributed by atoms with Gasteiger partial charge in [0.2, 0.25) is 0 Å². The van der Waals surface area contributed by atoms with Crippen molar-refractivity contribution in [1.82, 2.24) is 0 Å². The van der Waals surface area contributed by atoms with Gasteiger partial charge in [-0.05, 0) is 66.9 Å². The lowest BCUT2D eigenvalue weighted by molar-refractivity contribution is -0.132. The van der Waals surface area contributed by atoms with Crippen LogP contribution in [0.4, 0.5) is 10.1 Å². The van der Waals surface area contributed by atoms with Gasteiger partial charge in [-0.2, -0.15) is 0 Å². The zero-order valence-corrected chi connectivity index (χ0v) is 19.0. The van der Waals surface area contributed by atoms with E-state index in [0.717, 1.165) is 11.1 Å². The van der Waals surface area contributed by atoms with Crippen molar-refractivity contribution < 1.29 is 23.8 Å². The smallest absolute Gasteiger partial charge is 0.300 e. The number of aliphatic hydroxyl groups is 1. The van der Waals surface area contributed by atoms with E-state index < -0.39 is 29.3 Å². The van der Waals surface area contributed by atoms with Crippen LogP contribution in [0, 0.1) is 19.7 Å². The second-order valence-corrected chi connectivity index (χ2v) is 8.24. The van der Waals surface area contributed by atoms with Crippen LogP contribution in [0.1, 0.15) is 28.3 Å². The quantitative estimate of drug-likeness (QED) is 0.303. The van der Waals surface area contributed by atoms with Crippen LogP contribution in [0.5, 0.6) is 5.75 Å². The number of aryl methyl sites for hydroxylation is 2. The number of carbonyl (C=O) groups is 2. The standard InChI is InChI=1S/C26H21ClFNO4/c1-14-12-19(25(33-3)20(27)13-14)23(30)21-22(18-7-5-4-6-15(18)2)29(26(32)24(21)31)17-10-8-16(28)9-11-17/h4-13,22,30H,1-3H3/b23-21+. The number of amides is 1. The summed E-state index contributed by atoms with van der Waals surface area (Å²) in [5, 5.41) is 11.6. The fraction of sp³-hybridized carbons (Fsp3) is 0.154. The molecule has 1 atom stereocenters. The highest BCUT2D eigenvalue weighted by Crippen LogP contribution is 2.45. The minimum Gasteiger partial charge on any atom is -0.507 e. The summed E-state index contributed by atoms with van der Waals surface area (Å²) in [5.41, 5.74) is 2.65. The largest absolute Gasteiger partial charge is 0.507 e. The van der Waals surface area contributed by atoms with Gasteiger partial charge in [-0.1, -0.05) is 35.9 Å². The van der Waals surface area contributed by atoms with E-state index in [1.54, 1.807) is 31.2 Å². The first-order chi connectivity index (χ1) is 15.7. The Labute approximate surface area is 195 Å². The molecule has 33 heavy (non-hydrogen) atoms. The molecule has 3 aromatic rings. The molecular weight excluding hydrogens is 445 g/mol. The summed E-state index contributed by atoms with van der Waals surface area (Å²) in [6.07, 6.45) is 0. The molecule has 1 unspecified atom stereocenters. The number of hydrogen-bond acceptors (Lipinski definition) is 4. The lowest BCUT2D eigenvalue weighted by Gasteiger charge is -2.26.